The van der Waals surface area contributed by atoms with Gasteiger partial charge in [-0.1, -0.05) is 12.1 Å². The normalized spacial score (nSPS) is 26.0. The summed E-state index contributed by atoms with van der Waals surface area (Å²) >= 11 is 0. The van der Waals surface area contributed by atoms with Crippen molar-refractivity contribution in [3.8, 4) is 0 Å². The molecule has 1 aromatic carbocycles. The van der Waals surface area contributed by atoms with Crippen molar-refractivity contribution in [1.82, 2.24) is 20.0 Å². The quantitative estimate of drug-likeness (QED) is 0.822. The highest BCUT2D eigenvalue weighted by atomic mass is 35.5. The van der Waals surface area contributed by atoms with Crippen molar-refractivity contribution in [3.05, 3.63) is 35.4 Å². The maximum Gasteiger partial charge on any atom is 0.254 e. The lowest BCUT2D eigenvalue weighted by molar-refractivity contribution is 0.0680. The first-order valence-corrected chi connectivity index (χ1v) is 9.74. The average molecular weight is 415 g/mol. The average Bonchev–Trinajstić information content (AvgIpc) is 2.90. The van der Waals surface area contributed by atoms with Gasteiger partial charge in [0, 0.05) is 56.9 Å². The van der Waals surface area contributed by atoms with Crippen LogP contribution in [0.5, 0.6) is 0 Å². The molecule has 0 radical (unpaired) electrons. The summed E-state index contributed by atoms with van der Waals surface area (Å²) in [5, 5.41) is 3.47. The second-order valence-electron chi connectivity index (χ2n) is 7.87. The van der Waals surface area contributed by atoms with Gasteiger partial charge in [0.1, 0.15) is 0 Å². The smallest absolute Gasteiger partial charge is 0.254 e. The van der Waals surface area contributed by atoms with Gasteiger partial charge in [0.05, 0.1) is 0 Å². The fraction of sp³-hybridized carbons (Fsp3) is 0.650. The Morgan fingerprint density at radius 1 is 1.00 bits per heavy atom. The maximum atomic E-state index is 13.0. The molecule has 7 heteroatoms. The van der Waals surface area contributed by atoms with Crippen LogP contribution >= 0.6 is 24.8 Å². The zero-order valence-corrected chi connectivity index (χ0v) is 17.7. The minimum absolute atomic E-state index is 0. The van der Waals surface area contributed by atoms with E-state index in [0.29, 0.717) is 12.1 Å². The van der Waals surface area contributed by atoms with Crippen molar-refractivity contribution < 1.29 is 4.79 Å². The molecule has 2 atom stereocenters. The summed E-state index contributed by atoms with van der Waals surface area (Å²) in [5.41, 5.74) is 2.16. The molecule has 3 aliphatic rings. The molecule has 152 valence electrons. The lowest BCUT2D eigenvalue weighted by Gasteiger charge is -2.32. The van der Waals surface area contributed by atoms with Crippen LogP contribution in [-0.2, 0) is 6.54 Å². The Hall–Kier alpha value is -0.850. The van der Waals surface area contributed by atoms with Crippen molar-refractivity contribution >= 4 is 30.7 Å². The number of piperazine rings is 1. The Kier molecular flexibility index (Phi) is 8.38. The largest absolute Gasteiger partial charge is 0.331 e. The van der Waals surface area contributed by atoms with Crippen molar-refractivity contribution in [1.29, 1.82) is 0 Å². The highest BCUT2D eigenvalue weighted by molar-refractivity contribution is 5.95. The number of hydrogen-bond acceptors (Lipinski definition) is 4. The molecule has 3 saturated heterocycles. The Balaban J connectivity index is 0.00000131. The third kappa shape index (κ3) is 5.15. The van der Waals surface area contributed by atoms with Crippen LogP contribution in [0.25, 0.3) is 0 Å². The van der Waals surface area contributed by atoms with E-state index in [1.165, 1.54) is 12.0 Å². The molecule has 1 amide bonds. The van der Waals surface area contributed by atoms with Crippen LogP contribution in [0.4, 0.5) is 0 Å². The summed E-state index contributed by atoms with van der Waals surface area (Å²) < 4.78 is 0. The SMILES string of the molecule is CN1CCN(Cc2ccc(C(=O)N3C4CCNCC3CC4)cc2)CC1.Cl.Cl. The number of halogens is 2. The summed E-state index contributed by atoms with van der Waals surface area (Å²) in [6.07, 6.45) is 3.40. The molecule has 1 aromatic rings. The highest BCUT2D eigenvalue weighted by Gasteiger charge is 2.38. The monoisotopic (exact) mass is 414 g/mol. The predicted molar refractivity (Wildman–Crippen MR) is 114 cm³/mol. The Morgan fingerprint density at radius 3 is 2.37 bits per heavy atom. The lowest BCUT2D eigenvalue weighted by atomic mass is 10.1. The van der Waals surface area contributed by atoms with Crippen molar-refractivity contribution in [2.75, 3.05) is 46.3 Å². The summed E-state index contributed by atoms with van der Waals surface area (Å²) in [6.45, 7) is 7.51. The van der Waals surface area contributed by atoms with Gasteiger partial charge >= 0.3 is 0 Å². The molecule has 4 rings (SSSR count). The second-order valence-corrected chi connectivity index (χ2v) is 7.87. The molecule has 0 saturated carbocycles. The van der Waals surface area contributed by atoms with E-state index in [-0.39, 0.29) is 30.7 Å². The molecule has 3 heterocycles. The minimum atomic E-state index is 0. The number of nitrogens with zero attached hydrogens (tertiary/aromatic N) is 3. The van der Waals surface area contributed by atoms with E-state index >= 15 is 0 Å². The number of benzene rings is 1. The summed E-state index contributed by atoms with van der Waals surface area (Å²) in [4.78, 5) is 20.1. The van der Waals surface area contributed by atoms with Crippen LogP contribution in [0.3, 0.4) is 0 Å². The molecule has 2 bridgehead atoms. The number of fused-ring (bicyclic) bond motifs is 2. The molecule has 3 aliphatic heterocycles. The molecular formula is C20H32Cl2N4O. The van der Waals surface area contributed by atoms with Gasteiger partial charge < -0.3 is 15.1 Å². The van der Waals surface area contributed by atoms with Gasteiger partial charge in [0.15, 0.2) is 0 Å². The molecular weight excluding hydrogens is 383 g/mol. The Morgan fingerprint density at radius 2 is 1.67 bits per heavy atom. The number of rotatable bonds is 3. The van der Waals surface area contributed by atoms with E-state index in [1.807, 2.05) is 12.1 Å². The van der Waals surface area contributed by atoms with Crippen molar-refractivity contribution in [3.63, 3.8) is 0 Å². The van der Waals surface area contributed by atoms with Crippen molar-refractivity contribution in [2.45, 2.75) is 37.9 Å². The molecule has 0 aliphatic carbocycles. The van der Waals surface area contributed by atoms with Crippen molar-refractivity contribution in [2.24, 2.45) is 0 Å². The van der Waals surface area contributed by atoms with E-state index in [4.69, 9.17) is 0 Å². The second kappa shape index (κ2) is 10.1. The van der Waals surface area contributed by atoms with Crippen LogP contribution < -0.4 is 5.32 Å². The molecule has 27 heavy (non-hydrogen) atoms. The number of hydrogen-bond donors (Lipinski definition) is 1. The zero-order valence-electron chi connectivity index (χ0n) is 16.1. The van der Waals surface area contributed by atoms with E-state index in [9.17, 15) is 4.79 Å². The first-order chi connectivity index (χ1) is 12.2. The number of carbonyl (C=O) groups is 1. The Labute approximate surface area is 175 Å². The number of likely N-dealkylation sites (N-methyl/N-ethyl adjacent to an activating group) is 1. The van der Waals surface area contributed by atoms with E-state index in [1.54, 1.807) is 0 Å². The topological polar surface area (TPSA) is 38.8 Å². The van der Waals surface area contributed by atoms with E-state index in [2.05, 4.69) is 39.2 Å². The zero-order chi connectivity index (χ0) is 17.2. The van der Waals surface area contributed by atoms with Gasteiger partial charge in [0.25, 0.3) is 5.91 Å². The van der Waals surface area contributed by atoms with Crippen LogP contribution in [-0.4, -0.2) is 79.0 Å². The van der Waals surface area contributed by atoms with E-state index in [0.717, 1.165) is 64.2 Å². The van der Waals surface area contributed by atoms with Gasteiger partial charge in [-0.15, -0.1) is 24.8 Å². The van der Waals surface area contributed by atoms with Gasteiger partial charge in [-0.2, -0.15) is 0 Å². The van der Waals surface area contributed by atoms with Crippen LogP contribution in [0.2, 0.25) is 0 Å². The van der Waals surface area contributed by atoms with Crippen LogP contribution in [0.1, 0.15) is 35.2 Å². The summed E-state index contributed by atoms with van der Waals surface area (Å²) in [7, 11) is 2.18. The number of nitrogens with one attached hydrogen (secondary N) is 1. The molecule has 0 aromatic heterocycles. The standard InChI is InChI=1S/C20H30N4O.2ClH/c1-22-10-12-23(13-11-22)15-16-2-4-17(5-3-16)20(25)24-18-6-7-19(24)14-21-9-8-18;;/h2-5,18-19,21H,6-15H2,1H3;2*1H. The fourth-order valence-electron chi connectivity index (χ4n) is 4.48. The molecule has 2 unspecified atom stereocenters. The predicted octanol–water partition coefficient (Wildman–Crippen LogP) is 2.24. The fourth-order valence-corrected chi connectivity index (χ4v) is 4.48. The summed E-state index contributed by atoms with van der Waals surface area (Å²) in [6, 6.07) is 9.16. The van der Waals surface area contributed by atoms with Crippen LogP contribution in [0, 0.1) is 0 Å². The first-order valence-electron chi connectivity index (χ1n) is 9.74. The van der Waals surface area contributed by atoms with Gasteiger partial charge in [-0.05, 0) is 50.6 Å². The molecule has 3 fully saturated rings. The van der Waals surface area contributed by atoms with E-state index < -0.39 is 0 Å². The number of carbonyl (C=O) groups excluding carboxylic acids is 1. The van der Waals surface area contributed by atoms with Crippen LogP contribution in [0.15, 0.2) is 24.3 Å². The minimum Gasteiger partial charge on any atom is -0.331 e. The summed E-state index contributed by atoms with van der Waals surface area (Å²) in [5.74, 6) is 0.224. The third-order valence-corrected chi connectivity index (χ3v) is 6.09. The molecule has 5 nitrogen and oxygen atoms in total. The molecule has 1 N–H and O–H groups in total. The van der Waals surface area contributed by atoms with Gasteiger partial charge in [0.2, 0.25) is 0 Å². The highest BCUT2D eigenvalue weighted by Crippen LogP contribution is 2.29. The first kappa shape index (κ1) is 22.4. The third-order valence-electron chi connectivity index (χ3n) is 6.09. The van der Waals surface area contributed by atoms with Gasteiger partial charge in [-0.3, -0.25) is 9.69 Å². The maximum absolute atomic E-state index is 13.0. The lowest BCUT2D eigenvalue weighted by Crippen LogP contribution is -2.43. The van der Waals surface area contributed by atoms with Gasteiger partial charge in [-0.25, -0.2) is 0 Å². The number of amides is 1. The molecule has 0 spiro atoms. The Bertz CT molecular complexity index is 591.